The smallest absolute Gasteiger partial charge is 0.407 e. The number of carbonyl (C=O) groups excluding carboxylic acids is 1. The van der Waals surface area contributed by atoms with Crippen molar-refractivity contribution in [2.45, 2.75) is 38.9 Å². The lowest BCUT2D eigenvalue weighted by molar-refractivity contribution is 0.0970. The van der Waals surface area contributed by atoms with Crippen molar-refractivity contribution in [1.82, 2.24) is 9.62 Å². The van der Waals surface area contributed by atoms with Crippen molar-refractivity contribution in [2.24, 2.45) is 0 Å². The topological polar surface area (TPSA) is 153 Å². The summed E-state index contributed by atoms with van der Waals surface area (Å²) in [5.41, 5.74) is 3.01. The lowest BCUT2D eigenvalue weighted by Crippen LogP contribution is -2.35. The number of halogens is 1. The number of aliphatic hydroxyl groups excluding tert-OH is 2. The molecule has 0 unspecified atom stereocenters. The second-order valence-corrected chi connectivity index (χ2v) is 12.2. The van der Waals surface area contributed by atoms with Crippen LogP contribution in [0.25, 0.3) is 11.1 Å². The number of benzene rings is 3. The van der Waals surface area contributed by atoms with Crippen LogP contribution in [-0.2, 0) is 16.4 Å². The third-order valence-electron chi connectivity index (χ3n) is 6.26. The highest BCUT2D eigenvalue weighted by Gasteiger charge is 2.21. The van der Waals surface area contributed by atoms with Gasteiger partial charge in [-0.25, -0.2) is 17.9 Å². The molecule has 0 heterocycles. The molecule has 3 rings (SSSR count). The number of carbonyl (C=O) groups is 2. The Morgan fingerprint density at radius 3 is 2.33 bits per heavy atom. The Morgan fingerprint density at radius 2 is 1.71 bits per heavy atom. The second-order valence-electron chi connectivity index (χ2n) is 9.95. The van der Waals surface area contributed by atoms with Crippen molar-refractivity contribution in [3.05, 3.63) is 88.4 Å². The molecule has 226 valence electrons. The number of amides is 2. The molecule has 10 nitrogen and oxygen atoms in total. The minimum absolute atomic E-state index is 0.00615. The number of sulfonamides is 1. The molecule has 0 bridgehead atoms. The Labute approximate surface area is 250 Å². The highest BCUT2D eigenvalue weighted by molar-refractivity contribution is 7.90. The van der Waals surface area contributed by atoms with E-state index in [9.17, 15) is 28.2 Å². The summed E-state index contributed by atoms with van der Waals surface area (Å²) in [5, 5.41) is 29.5. The van der Waals surface area contributed by atoms with Crippen molar-refractivity contribution in [3.63, 3.8) is 0 Å². The summed E-state index contributed by atoms with van der Waals surface area (Å²) >= 11 is 5.98. The van der Waals surface area contributed by atoms with E-state index >= 15 is 0 Å². The fraction of sp³-hybridized carbons (Fsp3) is 0.333. The van der Waals surface area contributed by atoms with E-state index in [4.69, 9.17) is 21.4 Å². The Bertz CT molecular complexity index is 1480. The van der Waals surface area contributed by atoms with Gasteiger partial charge in [-0.15, -0.1) is 0 Å². The zero-order valence-corrected chi connectivity index (χ0v) is 24.9. The largest absolute Gasteiger partial charge is 0.490 e. The van der Waals surface area contributed by atoms with Gasteiger partial charge in [0.2, 0.25) is 10.0 Å². The van der Waals surface area contributed by atoms with Crippen molar-refractivity contribution < 1.29 is 38.1 Å². The molecule has 0 fully saturated rings. The average Bonchev–Trinajstić information content (AvgIpc) is 2.93. The monoisotopic (exact) mass is 618 g/mol. The second kappa shape index (κ2) is 15.0. The standard InChI is InChI=1S/C30H35ClN2O8S/c1-20(2)41-28-18-23(11-12-26(28)29(36)32-42(39,40)16-4-15-34)22-9-7-21(8-10-22)13-14-33(30(37)38)19-27(35)24-5-3-6-25(31)17-24/h3,5-12,17-18,20,27,34-35H,4,13-16,19H2,1-2H3,(H,32,36)(H,37,38)/t27-/m1/s1. The minimum Gasteiger partial charge on any atom is -0.490 e. The average molecular weight is 619 g/mol. The number of nitrogens with one attached hydrogen (secondary N) is 1. The van der Waals surface area contributed by atoms with Crippen LogP contribution in [0.15, 0.2) is 66.7 Å². The maximum absolute atomic E-state index is 12.8. The third-order valence-corrected chi connectivity index (χ3v) is 7.82. The molecule has 0 aliphatic carbocycles. The maximum Gasteiger partial charge on any atom is 0.407 e. The lowest BCUT2D eigenvalue weighted by Gasteiger charge is -2.23. The summed E-state index contributed by atoms with van der Waals surface area (Å²) in [4.78, 5) is 25.7. The molecule has 0 saturated carbocycles. The first kappa shape index (κ1) is 32.9. The number of rotatable bonds is 14. The number of carboxylic acid groups (broad SMARTS) is 1. The molecular formula is C30H35ClN2O8S. The number of nitrogens with zero attached hydrogens (tertiary/aromatic N) is 1. The van der Waals surface area contributed by atoms with Crippen molar-refractivity contribution >= 4 is 33.6 Å². The van der Waals surface area contributed by atoms with Crippen LogP contribution in [0.4, 0.5) is 4.79 Å². The van der Waals surface area contributed by atoms with E-state index in [0.29, 0.717) is 17.0 Å². The first-order valence-corrected chi connectivity index (χ1v) is 15.4. The molecule has 42 heavy (non-hydrogen) atoms. The van der Waals surface area contributed by atoms with Crippen LogP contribution in [0, 0.1) is 0 Å². The summed E-state index contributed by atoms with van der Waals surface area (Å²) in [6, 6.07) is 18.9. The van der Waals surface area contributed by atoms with Crippen LogP contribution in [-0.4, -0.2) is 72.2 Å². The summed E-state index contributed by atoms with van der Waals surface area (Å²) in [6.07, 6.45) is -2.02. The van der Waals surface area contributed by atoms with Crippen LogP contribution in [0.2, 0.25) is 5.02 Å². The minimum atomic E-state index is -3.92. The van der Waals surface area contributed by atoms with Gasteiger partial charge in [0, 0.05) is 18.2 Å². The number of hydrogen-bond donors (Lipinski definition) is 4. The zero-order valence-electron chi connectivity index (χ0n) is 23.4. The van der Waals surface area contributed by atoms with Gasteiger partial charge in [-0.3, -0.25) is 4.79 Å². The van der Waals surface area contributed by atoms with E-state index in [2.05, 4.69) is 0 Å². The Balaban J connectivity index is 1.71. The fourth-order valence-electron chi connectivity index (χ4n) is 4.16. The first-order chi connectivity index (χ1) is 19.9. The van der Waals surface area contributed by atoms with Crippen molar-refractivity contribution in [2.75, 3.05) is 25.4 Å². The van der Waals surface area contributed by atoms with Crippen LogP contribution in [0.5, 0.6) is 5.75 Å². The van der Waals surface area contributed by atoms with E-state index in [1.807, 2.05) is 29.0 Å². The molecule has 3 aromatic carbocycles. The van der Waals surface area contributed by atoms with E-state index < -0.39 is 28.1 Å². The number of ether oxygens (including phenoxy) is 1. The van der Waals surface area contributed by atoms with Crippen LogP contribution in [0.3, 0.4) is 0 Å². The van der Waals surface area contributed by atoms with E-state index in [1.165, 1.54) is 6.07 Å². The summed E-state index contributed by atoms with van der Waals surface area (Å²) in [5.74, 6) is -0.988. The highest BCUT2D eigenvalue weighted by Crippen LogP contribution is 2.29. The summed E-state index contributed by atoms with van der Waals surface area (Å²) in [7, 11) is -3.92. The van der Waals surface area contributed by atoms with Gasteiger partial charge in [0.05, 0.1) is 30.1 Å². The van der Waals surface area contributed by atoms with Crippen LogP contribution < -0.4 is 9.46 Å². The normalized spacial score (nSPS) is 12.1. The van der Waals surface area contributed by atoms with E-state index in [0.717, 1.165) is 21.6 Å². The van der Waals surface area contributed by atoms with Gasteiger partial charge in [0.25, 0.3) is 5.91 Å². The molecule has 0 aliphatic rings. The third kappa shape index (κ3) is 9.73. The molecule has 2 amide bonds. The predicted molar refractivity (Wildman–Crippen MR) is 160 cm³/mol. The Kier molecular flexibility index (Phi) is 11.7. The number of hydrogen-bond acceptors (Lipinski definition) is 7. The van der Waals surface area contributed by atoms with Gasteiger partial charge in [0.1, 0.15) is 5.75 Å². The summed E-state index contributed by atoms with van der Waals surface area (Å²) < 4.78 is 32.1. The van der Waals surface area contributed by atoms with Crippen molar-refractivity contribution in [3.8, 4) is 16.9 Å². The highest BCUT2D eigenvalue weighted by atomic mass is 35.5. The van der Waals surface area contributed by atoms with Crippen LogP contribution >= 0.6 is 11.6 Å². The Hall–Kier alpha value is -3.64. The van der Waals surface area contributed by atoms with Gasteiger partial charge < -0.3 is 25.0 Å². The van der Waals surface area contributed by atoms with Gasteiger partial charge >= 0.3 is 6.09 Å². The Morgan fingerprint density at radius 1 is 1.02 bits per heavy atom. The molecule has 1 atom stereocenters. The van der Waals surface area contributed by atoms with E-state index in [-0.39, 0.29) is 49.3 Å². The van der Waals surface area contributed by atoms with Gasteiger partial charge in [-0.05, 0) is 73.2 Å². The van der Waals surface area contributed by atoms with Crippen molar-refractivity contribution in [1.29, 1.82) is 0 Å². The lowest BCUT2D eigenvalue weighted by atomic mass is 10.0. The van der Waals surface area contributed by atoms with E-state index in [1.54, 1.807) is 50.2 Å². The molecular weight excluding hydrogens is 584 g/mol. The van der Waals surface area contributed by atoms with Gasteiger partial charge in [-0.1, -0.05) is 54.1 Å². The zero-order chi connectivity index (χ0) is 30.9. The molecule has 12 heteroatoms. The van der Waals surface area contributed by atoms with Crippen LogP contribution in [0.1, 0.15) is 47.9 Å². The summed E-state index contributed by atoms with van der Waals surface area (Å²) in [6.45, 7) is 3.33. The molecule has 0 aromatic heterocycles. The predicted octanol–water partition coefficient (Wildman–Crippen LogP) is 4.49. The molecule has 4 N–H and O–H groups in total. The van der Waals surface area contributed by atoms with Gasteiger partial charge in [-0.2, -0.15) is 0 Å². The molecule has 0 saturated heterocycles. The fourth-order valence-corrected chi connectivity index (χ4v) is 5.37. The number of aliphatic hydroxyl groups is 2. The molecule has 0 aliphatic heterocycles. The molecule has 3 aromatic rings. The molecule has 0 spiro atoms. The molecule has 0 radical (unpaired) electrons. The first-order valence-electron chi connectivity index (χ1n) is 13.4. The van der Waals surface area contributed by atoms with Gasteiger partial charge in [0.15, 0.2) is 0 Å². The maximum atomic E-state index is 12.8. The SMILES string of the molecule is CC(C)Oc1cc(-c2ccc(CCN(C[C@@H](O)c3cccc(Cl)c3)C(=O)O)cc2)ccc1C(=O)NS(=O)(=O)CCCO. The quantitative estimate of drug-likeness (QED) is 0.206.